The smallest absolute Gasteiger partial charge is 0.236 e. The van der Waals surface area contributed by atoms with Crippen molar-refractivity contribution >= 4 is 5.91 Å². The monoisotopic (exact) mass is 198 g/mol. The van der Waals surface area contributed by atoms with Crippen LogP contribution in [0.5, 0.6) is 0 Å². The second-order valence-corrected chi connectivity index (χ2v) is 3.24. The normalized spacial score (nSPS) is 26.2. The van der Waals surface area contributed by atoms with Crippen LogP contribution >= 0.6 is 0 Å². The fraction of sp³-hybridized carbons (Fsp3) is 0.667. The van der Waals surface area contributed by atoms with E-state index in [4.69, 9.17) is 6.42 Å². The largest absolute Gasteiger partial charge is 0.388 e. The highest BCUT2D eigenvalue weighted by atomic mass is 16.3. The van der Waals surface area contributed by atoms with E-state index in [9.17, 15) is 15.0 Å². The predicted molar refractivity (Wildman–Crippen MR) is 50.3 cm³/mol. The van der Waals surface area contributed by atoms with Crippen molar-refractivity contribution in [3.63, 3.8) is 0 Å². The Kier molecular flexibility index (Phi) is 3.89. The van der Waals surface area contributed by atoms with Crippen molar-refractivity contribution in [2.45, 2.75) is 12.2 Å². The summed E-state index contributed by atoms with van der Waals surface area (Å²) in [5, 5.41) is 21.1. The third-order valence-electron chi connectivity index (χ3n) is 2.12. The fourth-order valence-corrected chi connectivity index (χ4v) is 1.33. The molecule has 0 spiro atoms. The molecule has 14 heavy (non-hydrogen) atoms. The van der Waals surface area contributed by atoms with Gasteiger partial charge in [-0.05, 0) is 0 Å². The molecule has 1 fully saturated rings. The summed E-state index contributed by atoms with van der Waals surface area (Å²) in [4.78, 5) is 12.8. The molecule has 2 unspecified atom stereocenters. The van der Waals surface area contributed by atoms with Crippen LogP contribution in [0.1, 0.15) is 0 Å². The van der Waals surface area contributed by atoms with Gasteiger partial charge in [0.25, 0.3) is 0 Å². The van der Waals surface area contributed by atoms with Gasteiger partial charge in [0.05, 0.1) is 25.3 Å². The number of amides is 1. The zero-order valence-corrected chi connectivity index (χ0v) is 7.81. The minimum Gasteiger partial charge on any atom is -0.388 e. The van der Waals surface area contributed by atoms with Gasteiger partial charge in [0, 0.05) is 13.1 Å². The Morgan fingerprint density at radius 1 is 1.50 bits per heavy atom. The first-order chi connectivity index (χ1) is 6.65. The van der Waals surface area contributed by atoms with Crippen LogP contribution in [0, 0.1) is 12.3 Å². The second kappa shape index (κ2) is 4.96. The van der Waals surface area contributed by atoms with Crippen LogP contribution in [-0.4, -0.2) is 59.4 Å². The standard InChI is InChI=1S/C9H14N2O3/c1-2-3-10-4-9(14)11-5-7(12)8(13)6-11/h1,7-8,10,12-13H,3-6H2. The van der Waals surface area contributed by atoms with Gasteiger partial charge < -0.3 is 15.1 Å². The molecule has 0 aliphatic carbocycles. The van der Waals surface area contributed by atoms with Crippen LogP contribution in [-0.2, 0) is 4.79 Å². The summed E-state index contributed by atoms with van der Waals surface area (Å²) >= 11 is 0. The van der Waals surface area contributed by atoms with Gasteiger partial charge in [0.1, 0.15) is 0 Å². The molecule has 1 saturated heterocycles. The maximum atomic E-state index is 11.4. The van der Waals surface area contributed by atoms with Crippen LogP contribution in [0.2, 0.25) is 0 Å². The van der Waals surface area contributed by atoms with Crippen molar-refractivity contribution in [1.82, 2.24) is 10.2 Å². The molecular formula is C9H14N2O3. The average Bonchev–Trinajstić information content (AvgIpc) is 2.47. The molecular weight excluding hydrogens is 184 g/mol. The third kappa shape index (κ3) is 2.70. The molecule has 0 saturated carbocycles. The van der Waals surface area contributed by atoms with Gasteiger partial charge in [-0.2, -0.15) is 0 Å². The molecule has 1 aliphatic rings. The van der Waals surface area contributed by atoms with Crippen molar-refractivity contribution < 1.29 is 15.0 Å². The van der Waals surface area contributed by atoms with Crippen LogP contribution in [0.25, 0.3) is 0 Å². The Balaban J connectivity index is 2.29. The number of aliphatic hydroxyl groups is 2. The average molecular weight is 198 g/mol. The first kappa shape index (κ1) is 11.0. The van der Waals surface area contributed by atoms with Crippen LogP contribution in [0.3, 0.4) is 0 Å². The highest BCUT2D eigenvalue weighted by Crippen LogP contribution is 2.09. The van der Waals surface area contributed by atoms with E-state index in [1.165, 1.54) is 4.90 Å². The SMILES string of the molecule is C#CCNCC(=O)N1CC(O)C(O)C1. The quantitative estimate of drug-likeness (QED) is 0.354. The molecule has 1 aliphatic heterocycles. The number of hydrogen-bond donors (Lipinski definition) is 3. The minimum absolute atomic E-state index is 0.142. The molecule has 5 heteroatoms. The highest BCUT2D eigenvalue weighted by molar-refractivity contribution is 5.78. The minimum atomic E-state index is -0.827. The molecule has 78 valence electrons. The Bertz CT molecular complexity index is 239. The fourth-order valence-electron chi connectivity index (χ4n) is 1.33. The zero-order valence-electron chi connectivity index (χ0n) is 7.81. The number of aliphatic hydroxyl groups excluding tert-OH is 2. The number of hydrogen-bond acceptors (Lipinski definition) is 4. The maximum absolute atomic E-state index is 11.4. The van der Waals surface area contributed by atoms with Gasteiger partial charge >= 0.3 is 0 Å². The lowest BCUT2D eigenvalue weighted by molar-refractivity contribution is -0.129. The lowest BCUT2D eigenvalue weighted by Crippen LogP contribution is -2.37. The van der Waals surface area contributed by atoms with E-state index in [-0.39, 0.29) is 25.5 Å². The zero-order chi connectivity index (χ0) is 10.6. The summed E-state index contributed by atoms with van der Waals surface area (Å²) in [6, 6.07) is 0. The van der Waals surface area contributed by atoms with Crippen molar-refractivity contribution in [3.05, 3.63) is 0 Å². The number of nitrogens with zero attached hydrogens (tertiary/aromatic N) is 1. The lowest BCUT2D eigenvalue weighted by Gasteiger charge is -2.14. The van der Waals surface area contributed by atoms with Gasteiger partial charge in [-0.3, -0.25) is 10.1 Å². The van der Waals surface area contributed by atoms with Crippen LogP contribution < -0.4 is 5.32 Å². The van der Waals surface area contributed by atoms with E-state index in [0.717, 1.165) is 0 Å². The molecule has 0 aromatic rings. The number of carbonyl (C=O) groups excluding carboxylic acids is 1. The van der Waals surface area contributed by atoms with E-state index < -0.39 is 12.2 Å². The van der Waals surface area contributed by atoms with E-state index >= 15 is 0 Å². The first-order valence-corrected chi connectivity index (χ1v) is 4.43. The molecule has 3 N–H and O–H groups in total. The van der Waals surface area contributed by atoms with Crippen molar-refractivity contribution in [2.24, 2.45) is 0 Å². The highest BCUT2D eigenvalue weighted by Gasteiger charge is 2.31. The van der Waals surface area contributed by atoms with Crippen molar-refractivity contribution in [2.75, 3.05) is 26.2 Å². The summed E-state index contributed by atoms with van der Waals surface area (Å²) in [6.45, 7) is 0.865. The number of terminal acetylenes is 1. The van der Waals surface area contributed by atoms with Gasteiger partial charge in [-0.25, -0.2) is 0 Å². The molecule has 0 aromatic heterocycles. The number of likely N-dealkylation sites (tertiary alicyclic amines) is 1. The van der Waals surface area contributed by atoms with Gasteiger partial charge in [-0.1, -0.05) is 5.92 Å². The number of β-amino-alcohol motifs (C(OH)–C–C–N with tert-alkyl or cyclic N) is 2. The lowest BCUT2D eigenvalue weighted by atomic mass is 10.3. The molecule has 0 aromatic carbocycles. The molecule has 1 heterocycles. The summed E-state index contributed by atoms with van der Waals surface area (Å²) in [5.41, 5.74) is 0. The summed E-state index contributed by atoms with van der Waals surface area (Å²) in [5.74, 6) is 2.19. The number of nitrogens with one attached hydrogen (secondary N) is 1. The van der Waals surface area contributed by atoms with Gasteiger partial charge in [0.2, 0.25) is 5.91 Å². The predicted octanol–water partition coefficient (Wildman–Crippen LogP) is -2.23. The van der Waals surface area contributed by atoms with E-state index in [1.807, 2.05) is 0 Å². The first-order valence-electron chi connectivity index (χ1n) is 4.43. The molecule has 2 atom stereocenters. The van der Waals surface area contributed by atoms with Crippen LogP contribution in [0.4, 0.5) is 0 Å². The number of carbonyl (C=O) groups is 1. The van der Waals surface area contributed by atoms with E-state index in [1.54, 1.807) is 0 Å². The van der Waals surface area contributed by atoms with Gasteiger partial charge in [0.15, 0.2) is 0 Å². The molecule has 1 amide bonds. The Morgan fingerprint density at radius 3 is 2.57 bits per heavy atom. The summed E-state index contributed by atoms with van der Waals surface area (Å²) < 4.78 is 0. The third-order valence-corrected chi connectivity index (χ3v) is 2.12. The topological polar surface area (TPSA) is 72.8 Å². The summed E-state index contributed by atoms with van der Waals surface area (Å²) in [7, 11) is 0. The maximum Gasteiger partial charge on any atom is 0.236 e. The Morgan fingerprint density at radius 2 is 2.07 bits per heavy atom. The van der Waals surface area contributed by atoms with Crippen molar-refractivity contribution in [1.29, 1.82) is 0 Å². The summed E-state index contributed by atoms with van der Waals surface area (Å²) in [6.07, 6.45) is 3.34. The molecule has 0 bridgehead atoms. The second-order valence-electron chi connectivity index (χ2n) is 3.24. The molecule has 5 nitrogen and oxygen atoms in total. The van der Waals surface area contributed by atoms with E-state index in [0.29, 0.717) is 6.54 Å². The molecule has 1 rings (SSSR count). The Hall–Kier alpha value is -1.09. The van der Waals surface area contributed by atoms with Crippen LogP contribution in [0.15, 0.2) is 0 Å². The number of rotatable bonds is 3. The molecule has 0 radical (unpaired) electrons. The van der Waals surface area contributed by atoms with Crippen molar-refractivity contribution in [3.8, 4) is 12.3 Å². The van der Waals surface area contributed by atoms with E-state index in [2.05, 4.69) is 11.2 Å². The Labute approximate surface area is 82.7 Å². The van der Waals surface area contributed by atoms with Gasteiger partial charge in [-0.15, -0.1) is 6.42 Å².